The number of ether oxygens (including phenoxy) is 1. The van der Waals surface area contributed by atoms with E-state index in [1.165, 1.54) is 48.1 Å². The molecule has 13 nitrogen and oxygen atoms in total. The van der Waals surface area contributed by atoms with E-state index in [2.05, 4.69) is 15.6 Å². The lowest BCUT2D eigenvalue weighted by Gasteiger charge is -2.37. The zero-order chi connectivity index (χ0) is 34.1. The number of hydrogen-bond acceptors (Lipinski definition) is 8. The van der Waals surface area contributed by atoms with Crippen molar-refractivity contribution in [3.8, 4) is 23.1 Å². The standard InChI is InChI=1S/C30H30ClF2N7O4.CH2O2/c1-38-23(20-7-8-24(44-15-9-34)26(33)25(20)32)17-36-27(38)28(41)37-18-5-6-19(21(31)16-18)29(42)39-11-13-40(14-12-39)30(43)22-4-2-3-10-35-22;2-1-3/h5-8,16-17,22,35H,2-4,10-15H2,1H3,(H,37,41);1H,(H,2,3)/t22-;/m0./s1. The molecule has 2 fully saturated rings. The third-order valence-electron chi connectivity index (χ3n) is 7.75. The highest BCUT2D eigenvalue weighted by Gasteiger charge is 2.30. The summed E-state index contributed by atoms with van der Waals surface area (Å²) in [6, 6.07) is 8.48. The monoisotopic (exact) mass is 671 g/mol. The van der Waals surface area contributed by atoms with Gasteiger partial charge in [-0.3, -0.25) is 19.2 Å². The zero-order valence-corrected chi connectivity index (χ0v) is 26.1. The molecule has 47 heavy (non-hydrogen) atoms. The molecule has 5 rings (SSSR count). The molecule has 1 aromatic heterocycles. The summed E-state index contributed by atoms with van der Waals surface area (Å²) in [6.45, 7) is 1.79. The predicted molar refractivity (Wildman–Crippen MR) is 166 cm³/mol. The SMILES string of the molecule is Cn1c(-c2ccc(OCC#N)c(F)c2F)cnc1C(=O)Nc1ccc(C(=O)N2CCN(C(=O)[C@@H]3CCCCN3)CC2)c(Cl)c1.O=CO. The van der Waals surface area contributed by atoms with Gasteiger partial charge in [0.15, 0.2) is 24.0 Å². The number of piperazine rings is 1. The first-order valence-corrected chi connectivity index (χ1v) is 15.0. The molecule has 248 valence electrons. The molecule has 3 amide bonds. The molecule has 2 aromatic carbocycles. The van der Waals surface area contributed by atoms with Crippen LogP contribution in [0.4, 0.5) is 14.5 Å². The lowest BCUT2D eigenvalue weighted by Crippen LogP contribution is -2.55. The number of nitrogens with one attached hydrogen (secondary N) is 2. The van der Waals surface area contributed by atoms with E-state index in [1.54, 1.807) is 15.9 Å². The Morgan fingerprint density at radius 2 is 1.85 bits per heavy atom. The topological polar surface area (TPSA) is 170 Å². The van der Waals surface area contributed by atoms with E-state index in [1.807, 2.05) is 0 Å². The van der Waals surface area contributed by atoms with Crippen molar-refractivity contribution in [2.24, 2.45) is 7.05 Å². The highest BCUT2D eigenvalue weighted by atomic mass is 35.5. The molecule has 0 unspecified atom stereocenters. The number of halogens is 3. The molecule has 3 aromatic rings. The summed E-state index contributed by atoms with van der Waals surface area (Å²) in [4.78, 5) is 54.9. The number of imidazole rings is 1. The Hall–Kier alpha value is -5.07. The van der Waals surface area contributed by atoms with Crippen LogP contribution in [0.5, 0.6) is 5.75 Å². The molecule has 3 N–H and O–H groups in total. The van der Waals surface area contributed by atoms with Crippen LogP contribution in [0.1, 0.15) is 40.2 Å². The van der Waals surface area contributed by atoms with E-state index >= 15 is 0 Å². The molecule has 0 spiro atoms. The quantitative estimate of drug-likeness (QED) is 0.319. The van der Waals surface area contributed by atoms with Crippen molar-refractivity contribution in [2.45, 2.75) is 25.3 Å². The third-order valence-corrected chi connectivity index (χ3v) is 8.06. The highest BCUT2D eigenvalue weighted by Crippen LogP contribution is 2.30. The van der Waals surface area contributed by atoms with Crippen molar-refractivity contribution in [1.82, 2.24) is 24.7 Å². The molecule has 0 radical (unpaired) electrons. The Bertz CT molecular complexity index is 1680. The first-order valence-electron chi connectivity index (χ1n) is 14.6. The fourth-order valence-electron chi connectivity index (χ4n) is 5.36. The number of carboxylic acid groups (broad SMARTS) is 1. The molecular weight excluding hydrogens is 640 g/mol. The van der Waals surface area contributed by atoms with Crippen molar-refractivity contribution >= 4 is 41.5 Å². The first-order chi connectivity index (χ1) is 22.6. The molecule has 2 aliphatic heterocycles. The van der Waals surface area contributed by atoms with Gasteiger partial charge in [0.05, 0.1) is 28.5 Å². The van der Waals surface area contributed by atoms with Crippen LogP contribution in [0.25, 0.3) is 11.3 Å². The number of rotatable bonds is 7. The van der Waals surface area contributed by atoms with Gasteiger partial charge in [0.1, 0.15) is 6.07 Å². The van der Waals surface area contributed by atoms with E-state index in [0.717, 1.165) is 25.8 Å². The van der Waals surface area contributed by atoms with Crippen LogP contribution < -0.4 is 15.4 Å². The summed E-state index contributed by atoms with van der Waals surface area (Å²) < 4.78 is 35.4. The Morgan fingerprint density at radius 1 is 1.15 bits per heavy atom. The van der Waals surface area contributed by atoms with Crippen molar-refractivity contribution in [3.05, 3.63) is 64.6 Å². The maximum Gasteiger partial charge on any atom is 0.291 e. The fourth-order valence-corrected chi connectivity index (χ4v) is 5.62. The Kier molecular flexibility index (Phi) is 11.8. The van der Waals surface area contributed by atoms with E-state index in [9.17, 15) is 23.2 Å². The lowest BCUT2D eigenvalue weighted by atomic mass is 10.0. The Morgan fingerprint density at radius 3 is 2.49 bits per heavy atom. The second kappa shape index (κ2) is 16.0. The molecule has 16 heteroatoms. The van der Waals surface area contributed by atoms with Crippen molar-refractivity contribution < 1.29 is 37.8 Å². The maximum atomic E-state index is 14.8. The third kappa shape index (κ3) is 8.02. The van der Waals surface area contributed by atoms with Gasteiger partial charge < -0.3 is 34.8 Å². The van der Waals surface area contributed by atoms with Gasteiger partial charge in [0.2, 0.25) is 11.7 Å². The number of amides is 3. The van der Waals surface area contributed by atoms with Gasteiger partial charge in [-0.2, -0.15) is 9.65 Å². The van der Waals surface area contributed by atoms with Crippen LogP contribution in [-0.4, -0.2) is 94.0 Å². The summed E-state index contributed by atoms with van der Waals surface area (Å²) in [5.41, 5.74) is 0.543. The molecule has 1 atom stereocenters. The minimum Gasteiger partial charge on any atom is -0.483 e. The van der Waals surface area contributed by atoms with E-state index < -0.39 is 29.9 Å². The molecular formula is C31H32ClF2N7O6. The minimum atomic E-state index is -1.26. The number of aromatic nitrogens is 2. The second-order valence-electron chi connectivity index (χ2n) is 10.6. The van der Waals surface area contributed by atoms with Gasteiger partial charge in [-0.25, -0.2) is 9.37 Å². The second-order valence-corrected chi connectivity index (χ2v) is 11.0. The number of piperidine rings is 1. The molecule has 0 saturated carbocycles. The van der Waals surface area contributed by atoms with Crippen molar-refractivity contribution in [3.63, 3.8) is 0 Å². The average molecular weight is 672 g/mol. The van der Waals surface area contributed by atoms with Crippen LogP contribution in [-0.2, 0) is 16.6 Å². The van der Waals surface area contributed by atoms with Gasteiger partial charge in [-0.15, -0.1) is 0 Å². The number of hydrogen-bond donors (Lipinski definition) is 3. The normalized spacial score (nSPS) is 15.9. The number of nitriles is 1. The number of carbonyl (C=O) groups is 4. The van der Waals surface area contributed by atoms with Crippen LogP contribution in [0.2, 0.25) is 5.02 Å². The number of benzene rings is 2. The van der Waals surface area contributed by atoms with Gasteiger partial charge in [-0.05, 0) is 49.7 Å². The van der Waals surface area contributed by atoms with E-state index in [0.29, 0.717) is 31.9 Å². The summed E-state index contributed by atoms with van der Waals surface area (Å²) in [5, 5.41) is 21.6. The van der Waals surface area contributed by atoms with Gasteiger partial charge >= 0.3 is 0 Å². The van der Waals surface area contributed by atoms with Crippen LogP contribution in [0.15, 0.2) is 36.5 Å². The average Bonchev–Trinajstić information content (AvgIpc) is 3.46. The van der Waals surface area contributed by atoms with Crippen molar-refractivity contribution in [2.75, 3.05) is 44.6 Å². The smallest absolute Gasteiger partial charge is 0.291 e. The summed E-state index contributed by atoms with van der Waals surface area (Å²) in [5.74, 6) is -3.81. The highest BCUT2D eigenvalue weighted by molar-refractivity contribution is 6.34. The Labute approximate surface area is 273 Å². The number of anilines is 1. The Balaban J connectivity index is 0.00000160. The number of nitrogens with zero attached hydrogens (tertiary/aromatic N) is 5. The van der Waals surface area contributed by atoms with Gasteiger partial charge in [0, 0.05) is 44.5 Å². The summed E-state index contributed by atoms with van der Waals surface area (Å²) in [6.07, 6.45) is 4.15. The molecule has 3 heterocycles. The van der Waals surface area contributed by atoms with Crippen LogP contribution in [0.3, 0.4) is 0 Å². The zero-order valence-electron chi connectivity index (χ0n) is 25.3. The number of carbonyl (C=O) groups excluding carboxylic acids is 3. The molecule has 0 aliphatic carbocycles. The fraction of sp³-hybridized carbons (Fsp3) is 0.355. The summed E-state index contributed by atoms with van der Waals surface area (Å²) in [7, 11) is 1.47. The van der Waals surface area contributed by atoms with Gasteiger partial charge in [0.25, 0.3) is 18.3 Å². The van der Waals surface area contributed by atoms with Gasteiger partial charge in [-0.1, -0.05) is 18.0 Å². The molecule has 2 saturated heterocycles. The largest absolute Gasteiger partial charge is 0.483 e. The lowest BCUT2D eigenvalue weighted by molar-refractivity contribution is -0.135. The van der Waals surface area contributed by atoms with E-state index in [4.69, 9.17) is 31.5 Å². The first kappa shape index (κ1) is 34.8. The van der Waals surface area contributed by atoms with Crippen LogP contribution >= 0.6 is 11.6 Å². The maximum absolute atomic E-state index is 14.8. The minimum absolute atomic E-state index is 0.0755. The summed E-state index contributed by atoms with van der Waals surface area (Å²) >= 11 is 6.45. The van der Waals surface area contributed by atoms with Crippen LogP contribution in [0, 0.1) is 23.0 Å². The van der Waals surface area contributed by atoms with E-state index in [-0.39, 0.29) is 52.0 Å². The molecule has 0 bridgehead atoms. The molecule has 2 aliphatic rings. The van der Waals surface area contributed by atoms with Crippen molar-refractivity contribution in [1.29, 1.82) is 5.26 Å². The predicted octanol–water partition coefficient (Wildman–Crippen LogP) is 3.30.